The van der Waals surface area contributed by atoms with Crippen LogP contribution in [-0.2, 0) is 0 Å². The number of hydrogen-bond donors (Lipinski definition) is 1. The lowest BCUT2D eigenvalue weighted by Crippen LogP contribution is -2.54. The summed E-state index contributed by atoms with van der Waals surface area (Å²) >= 11 is 0. The lowest BCUT2D eigenvalue weighted by atomic mass is 10.1. The highest BCUT2D eigenvalue weighted by atomic mass is 15.2. The van der Waals surface area contributed by atoms with Gasteiger partial charge in [-0.15, -0.1) is 0 Å². The highest BCUT2D eigenvalue weighted by Gasteiger charge is 2.23. The molecule has 0 saturated carbocycles. The second-order valence-electron chi connectivity index (χ2n) is 4.47. The summed E-state index contributed by atoms with van der Waals surface area (Å²) in [7, 11) is 0. The highest BCUT2D eigenvalue weighted by molar-refractivity contribution is 5.53. The molecular weight excluding hydrogens is 186 g/mol. The van der Waals surface area contributed by atoms with Gasteiger partial charge in [0.05, 0.1) is 0 Å². The van der Waals surface area contributed by atoms with Crippen LogP contribution in [0.3, 0.4) is 0 Å². The Balaban J connectivity index is 2.25. The minimum atomic E-state index is 0.558. The molecule has 2 atom stereocenters. The summed E-state index contributed by atoms with van der Waals surface area (Å²) in [6, 6.07) is 3.24. The Labute approximate surface area is 91.5 Å². The van der Waals surface area contributed by atoms with Crippen molar-refractivity contribution >= 4 is 5.69 Å². The number of hydrogen-bond acceptors (Lipinski definition) is 3. The summed E-state index contributed by atoms with van der Waals surface area (Å²) in [6.07, 6.45) is 3.82. The number of rotatable bonds is 1. The molecule has 2 rings (SSSR count). The van der Waals surface area contributed by atoms with E-state index >= 15 is 0 Å². The summed E-state index contributed by atoms with van der Waals surface area (Å²) in [5, 5.41) is 3.49. The van der Waals surface area contributed by atoms with Crippen molar-refractivity contribution in [3.8, 4) is 0 Å². The number of nitrogens with zero attached hydrogens (tertiary/aromatic N) is 2. The Morgan fingerprint density at radius 2 is 2.27 bits per heavy atom. The number of pyridine rings is 1. The molecule has 1 saturated heterocycles. The molecule has 1 fully saturated rings. The fraction of sp³-hybridized carbons (Fsp3) is 0.583. The first-order valence-corrected chi connectivity index (χ1v) is 5.59. The summed E-state index contributed by atoms with van der Waals surface area (Å²) in [5.74, 6) is 0. The quantitative estimate of drug-likeness (QED) is 0.754. The molecule has 0 amide bonds. The molecule has 1 aromatic heterocycles. The fourth-order valence-corrected chi connectivity index (χ4v) is 2.15. The number of anilines is 1. The van der Waals surface area contributed by atoms with Crippen molar-refractivity contribution in [2.75, 3.05) is 18.0 Å². The second-order valence-corrected chi connectivity index (χ2v) is 4.47. The third kappa shape index (κ3) is 2.12. The van der Waals surface area contributed by atoms with Crippen LogP contribution in [0.15, 0.2) is 18.5 Å². The fourth-order valence-electron chi connectivity index (χ4n) is 2.15. The van der Waals surface area contributed by atoms with E-state index in [1.165, 1.54) is 11.3 Å². The van der Waals surface area contributed by atoms with Gasteiger partial charge in [-0.1, -0.05) is 0 Å². The molecule has 0 radical (unpaired) electrons. The maximum Gasteiger partial charge on any atom is 0.0430 e. The number of aromatic nitrogens is 1. The van der Waals surface area contributed by atoms with E-state index in [1.54, 1.807) is 0 Å². The van der Waals surface area contributed by atoms with Crippen LogP contribution in [0.1, 0.15) is 19.4 Å². The molecule has 1 N–H and O–H groups in total. The van der Waals surface area contributed by atoms with Crippen molar-refractivity contribution in [3.63, 3.8) is 0 Å². The van der Waals surface area contributed by atoms with Gasteiger partial charge in [0, 0.05) is 43.3 Å². The Morgan fingerprint density at radius 1 is 1.47 bits per heavy atom. The van der Waals surface area contributed by atoms with E-state index < -0.39 is 0 Å². The molecule has 82 valence electrons. The smallest absolute Gasteiger partial charge is 0.0430 e. The Bertz CT molecular complexity index is 337. The first-order chi connectivity index (χ1) is 7.18. The van der Waals surface area contributed by atoms with Crippen molar-refractivity contribution < 1.29 is 0 Å². The molecule has 0 spiro atoms. The van der Waals surface area contributed by atoms with Gasteiger partial charge in [0.25, 0.3) is 0 Å². The zero-order chi connectivity index (χ0) is 10.8. The van der Waals surface area contributed by atoms with Gasteiger partial charge < -0.3 is 10.2 Å². The summed E-state index contributed by atoms with van der Waals surface area (Å²) < 4.78 is 0. The molecule has 1 aliphatic heterocycles. The van der Waals surface area contributed by atoms with Gasteiger partial charge in [0.2, 0.25) is 0 Å². The molecule has 2 unspecified atom stereocenters. The van der Waals surface area contributed by atoms with Crippen LogP contribution in [0.2, 0.25) is 0 Å². The predicted molar refractivity (Wildman–Crippen MR) is 63.2 cm³/mol. The molecule has 15 heavy (non-hydrogen) atoms. The van der Waals surface area contributed by atoms with Crippen LogP contribution in [0, 0.1) is 6.92 Å². The molecule has 0 aliphatic carbocycles. The Hall–Kier alpha value is -1.09. The zero-order valence-electron chi connectivity index (χ0n) is 9.70. The normalized spacial score (nSPS) is 26.7. The van der Waals surface area contributed by atoms with Crippen LogP contribution >= 0.6 is 0 Å². The molecule has 0 aromatic carbocycles. The van der Waals surface area contributed by atoms with E-state index in [-0.39, 0.29) is 0 Å². The van der Waals surface area contributed by atoms with Gasteiger partial charge in [0.15, 0.2) is 0 Å². The van der Waals surface area contributed by atoms with Crippen LogP contribution in [-0.4, -0.2) is 30.2 Å². The maximum atomic E-state index is 4.14. The van der Waals surface area contributed by atoms with Gasteiger partial charge in [-0.25, -0.2) is 0 Å². The van der Waals surface area contributed by atoms with Crippen molar-refractivity contribution in [1.29, 1.82) is 0 Å². The standard InChI is InChI=1S/C12H19N3/c1-9-6-13-5-4-12(9)15-8-10(2)14-7-11(15)3/h4-6,10-11,14H,7-8H2,1-3H3. The van der Waals surface area contributed by atoms with Crippen molar-refractivity contribution in [3.05, 3.63) is 24.0 Å². The van der Waals surface area contributed by atoms with E-state index in [4.69, 9.17) is 0 Å². The van der Waals surface area contributed by atoms with E-state index in [2.05, 4.69) is 42.0 Å². The molecular formula is C12H19N3. The van der Waals surface area contributed by atoms with Crippen LogP contribution < -0.4 is 10.2 Å². The number of nitrogens with one attached hydrogen (secondary N) is 1. The minimum absolute atomic E-state index is 0.558. The van der Waals surface area contributed by atoms with Crippen molar-refractivity contribution in [2.45, 2.75) is 32.9 Å². The van der Waals surface area contributed by atoms with E-state index in [1.807, 2.05) is 12.4 Å². The van der Waals surface area contributed by atoms with E-state index in [0.717, 1.165) is 13.1 Å². The maximum absolute atomic E-state index is 4.14. The molecule has 1 aromatic rings. The molecule has 1 aliphatic rings. The van der Waals surface area contributed by atoms with Gasteiger partial charge in [-0.3, -0.25) is 4.98 Å². The zero-order valence-corrected chi connectivity index (χ0v) is 9.70. The molecule has 2 heterocycles. The average molecular weight is 205 g/mol. The minimum Gasteiger partial charge on any atom is -0.366 e. The SMILES string of the molecule is Cc1cnccc1N1CC(C)NCC1C. The third-order valence-corrected chi connectivity index (χ3v) is 3.06. The Kier molecular flexibility index (Phi) is 2.91. The third-order valence-electron chi connectivity index (χ3n) is 3.06. The summed E-state index contributed by atoms with van der Waals surface area (Å²) in [4.78, 5) is 6.61. The Morgan fingerprint density at radius 3 is 3.00 bits per heavy atom. The van der Waals surface area contributed by atoms with Gasteiger partial charge in [-0.2, -0.15) is 0 Å². The number of aryl methyl sites for hydroxylation is 1. The topological polar surface area (TPSA) is 28.2 Å². The van der Waals surface area contributed by atoms with E-state index in [9.17, 15) is 0 Å². The van der Waals surface area contributed by atoms with Gasteiger partial charge in [0.1, 0.15) is 0 Å². The van der Waals surface area contributed by atoms with Crippen molar-refractivity contribution in [1.82, 2.24) is 10.3 Å². The van der Waals surface area contributed by atoms with Crippen LogP contribution in [0.25, 0.3) is 0 Å². The second kappa shape index (κ2) is 4.19. The first kappa shape index (κ1) is 10.4. The monoisotopic (exact) mass is 205 g/mol. The lowest BCUT2D eigenvalue weighted by molar-refractivity contribution is 0.424. The van der Waals surface area contributed by atoms with Crippen molar-refractivity contribution in [2.24, 2.45) is 0 Å². The predicted octanol–water partition coefficient (Wildman–Crippen LogP) is 1.58. The summed E-state index contributed by atoms with van der Waals surface area (Å²) in [5.41, 5.74) is 2.59. The van der Waals surface area contributed by atoms with Gasteiger partial charge in [-0.05, 0) is 32.4 Å². The van der Waals surface area contributed by atoms with E-state index in [0.29, 0.717) is 12.1 Å². The van der Waals surface area contributed by atoms with Gasteiger partial charge >= 0.3 is 0 Å². The van der Waals surface area contributed by atoms with Crippen LogP contribution in [0.5, 0.6) is 0 Å². The summed E-state index contributed by atoms with van der Waals surface area (Å²) in [6.45, 7) is 8.75. The van der Waals surface area contributed by atoms with Crippen LogP contribution in [0.4, 0.5) is 5.69 Å². The first-order valence-electron chi connectivity index (χ1n) is 5.59. The molecule has 3 nitrogen and oxygen atoms in total. The molecule has 0 bridgehead atoms. The highest BCUT2D eigenvalue weighted by Crippen LogP contribution is 2.22. The number of piperazine rings is 1. The largest absolute Gasteiger partial charge is 0.366 e. The molecule has 3 heteroatoms. The average Bonchev–Trinajstić information content (AvgIpc) is 2.23. The lowest BCUT2D eigenvalue weighted by Gasteiger charge is -2.39.